The number of nitrogens with zero attached hydrogens (tertiary/aromatic N) is 4. The molecule has 0 saturated heterocycles. The zero-order valence-corrected chi connectivity index (χ0v) is 84.0. The van der Waals surface area contributed by atoms with Crippen molar-refractivity contribution in [3.05, 3.63) is 553 Å². The van der Waals surface area contributed by atoms with Crippen molar-refractivity contribution in [1.82, 2.24) is 18.3 Å². The van der Waals surface area contributed by atoms with Gasteiger partial charge in [-0.05, 0) is 321 Å². The van der Waals surface area contributed by atoms with Gasteiger partial charge in [-0.25, -0.2) is 0 Å². The van der Waals surface area contributed by atoms with E-state index in [-0.39, 0.29) is 10.8 Å². The molecule has 29 aromatic rings. The maximum Gasteiger partial charge on any atom is 0.136 e. The predicted octanol–water partition coefficient (Wildman–Crippen LogP) is 37.5. The summed E-state index contributed by atoms with van der Waals surface area (Å²) in [5.41, 5.74) is 45.6. The lowest BCUT2D eigenvalue weighted by molar-refractivity contribution is 0.660. The van der Waals surface area contributed by atoms with Gasteiger partial charge in [0.15, 0.2) is 0 Å². The standard InChI is InChI=1S/C42H27N.C42H29N.C32H25N.C29H19NO/c1-43-40-21-19-28(23-34(40)35-22-26-10-2-3-11-27(26)25-41(35)43)29-18-20-33-32-14-6-9-17-38(32)42(39(33)24-29)36-15-7-4-12-30(36)31-13-5-8-16-37(31)42;1-43-40-23-21-30(25-36(40)37-24-28-12-8-9-13-29(28)27-41(37)43)31-20-22-35-34-18-10-11-19-38(34)42(39(35)26-31,32-14-4-2-5-15-32)33-16-6-3-7-17-33;1-32(2)28-11-7-6-10-24(28)25-14-12-23(18-29(25)32)22-13-15-30-26(17-22)27-16-20-8-4-5-9-21(20)19-31(27)33(30)3;1-30-26-13-11-20(15-24(26)25-14-18-6-2-3-7-19(18)16-27(25)30)21-10-12-23-22-8-4-5-9-28(22)31-29(23)17-21/h2-25H,1H3;2-27H,1H3;4-19H,1-3H3;2-17H,1H3. The molecule has 4 aliphatic carbocycles. The molecule has 33 rings (SSSR count). The molecule has 150 heavy (non-hydrogen) atoms. The fraction of sp³-hybridized carbons (Fsp3) is 0.0621. The summed E-state index contributed by atoms with van der Waals surface area (Å²) < 4.78 is 15.4. The first kappa shape index (κ1) is 86.8. The summed E-state index contributed by atoms with van der Waals surface area (Å²) in [4.78, 5) is 0. The van der Waals surface area contributed by atoms with Crippen molar-refractivity contribution in [1.29, 1.82) is 0 Å². The number of hydrogen-bond donors (Lipinski definition) is 0. The molecule has 4 aliphatic rings. The van der Waals surface area contributed by atoms with Gasteiger partial charge in [0.25, 0.3) is 0 Å². The molecule has 5 aromatic heterocycles. The Labute approximate surface area is 869 Å². The second kappa shape index (κ2) is 33.2. The summed E-state index contributed by atoms with van der Waals surface area (Å²) in [6.45, 7) is 4.70. The van der Waals surface area contributed by atoms with E-state index in [1.807, 2.05) is 12.1 Å². The second-order valence-corrected chi connectivity index (χ2v) is 42.2. The summed E-state index contributed by atoms with van der Waals surface area (Å²) in [5, 5.41) is 23.0. The van der Waals surface area contributed by atoms with Crippen molar-refractivity contribution < 1.29 is 4.42 Å². The van der Waals surface area contributed by atoms with Crippen molar-refractivity contribution in [2.24, 2.45) is 28.2 Å². The molecule has 0 atom stereocenters. The van der Waals surface area contributed by atoms with Gasteiger partial charge in [0.1, 0.15) is 11.2 Å². The van der Waals surface area contributed by atoms with Gasteiger partial charge in [0.05, 0.1) is 10.8 Å². The zero-order chi connectivity index (χ0) is 99.7. The van der Waals surface area contributed by atoms with Gasteiger partial charge in [-0.15, -0.1) is 0 Å². The van der Waals surface area contributed by atoms with Crippen LogP contribution < -0.4 is 0 Å². The molecule has 0 fully saturated rings. The molecule has 5 heterocycles. The quantitative estimate of drug-likeness (QED) is 0.163. The minimum Gasteiger partial charge on any atom is -0.456 e. The minimum absolute atomic E-state index is 0.0183. The van der Waals surface area contributed by atoms with E-state index >= 15 is 0 Å². The van der Waals surface area contributed by atoms with Crippen LogP contribution in [0.25, 0.3) is 241 Å². The highest BCUT2D eigenvalue weighted by atomic mass is 16.3. The van der Waals surface area contributed by atoms with Crippen LogP contribution in [0, 0.1) is 0 Å². The Balaban J connectivity index is 0.0000000928. The third-order valence-corrected chi connectivity index (χ3v) is 34.2. The lowest BCUT2D eigenvalue weighted by Gasteiger charge is -2.34. The lowest BCUT2D eigenvalue weighted by Crippen LogP contribution is -2.28. The smallest absolute Gasteiger partial charge is 0.136 e. The molecule has 0 unspecified atom stereocenters. The van der Waals surface area contributed by atoms with E-state index in [1.165, 1.54) is 280 Å². The molecular weight excluding hydrogens is 1810 g/mol. The Morgan fingerprint density at radius 3 is 0.760 bits per heavy atom. The number of aryl methyl sites for hydroxylation is 4. The fourth-order valence-electron chi connectivity index (χ4n) is 27.0. The summed E-state index contributed by atoms with van der Waals surface area (Å²) in [6, 6.07) is 184. The zero-order valence-electron chi connectivity index (χ0n) is 84.0. The van der Waals surface area contributed by atoms with Gasteiger partial charge in [-0.1, -0.05) is 378 Å². The SMILES string of the molecule is Cn1c2ccc(-c3ccc4c(c3)C(C)(C)c3ccccc3-4)cc2c2cc3ccccc3cc21.Cn1c2ccc(-c3ccc4c(c3)C(c3ccccc3)(c3ccccc3)c3ccccc3-4)cc2c2cc3ccccc3cc21.Cn1c2ccc(-c3ccc4c(c3)C3(c5ccccc5-c5ccccc53)c3ccccc3-4)cc2c2cc3ccccc3cc21.Cn1c2ccc(-c3ccc4c(c3)oc3ccccc34)cc2c2cc3ccccc3cc21. The summed E-state index contributed by atoms with van der Waals surface area (Å²) >= 11 is 0. The van der Waals surface area contributed by atoms with Crippen LogP contribution in [0.5, 0.6) is 0 Å². The molecule has 24 aromatic carbocycles. The van der Waals surface area contributed by atoms with Crippen LogP contribution in [0.3, 0.4) is 0 Å². The Hall–Kier alpha value is -18.7. The molecule has 0 aliphatic heterocycles. The Morgan fingerprint density at radius 2 is 0.393 bits per heavy atom. The van der Waals surface area contributed by atoms with E-state index in [1.54, 1.807) is 0 Å². The van der Waals surface area contributed by atoms with Crippen LogP contribution >= 0.6 is 0 Å². The van der Waals surface area contributed by atoms with E-state index in [0.717, 1.165) is 16.6 Å². The molecule has 0 saturated carbocycles. The lowest BCUT2D eigenvalue weighted by atomic mass is 9.67. The first-order chi connectivity index (χ1) is 73.7. The largest absolute Gasteiger partial charge is 0.456 e. The number of fused-ring (bicyclic) bond motifs is 35. The van der Waals surface area contributed by atoms with Crippen molar-refractivity contribution >= 4 is 152 Å². The van der Waals surface area contributed by atoms with Crippen LogP contribution in [0.2, 0.25) is 0 Å². The van der Waals surface area contributed by atoms with Gasteiger partial charge in [0.2, 0.25) is 0 Å². The molecule has 5 heteroatoms. The van der Waals surface area contributed by atoms with Gasteiger partial charge in [-0.3, -0.25) is 0 Å². The molecule has 1 spiro atoms. The number of para-hydroxylation sites is 1. The van der Waals surface area contributed by atoms with E-state index in [2.05, 4.69) is 546 Å². The van der Waals surface area contributed by atoms with Crippen LogP contribution in [-0.2, 0) is 44.4 Å². The summed E-state index contributed by atoms with van der Waals surface area (Å²) in [5.74, 6) is 0. The highest BCUT2D eigenvalue weighted by molar-refractivity contribution is 6.19. The Kier molecular flexibility index (Phi) is 19.2. The first-order valence-electron chi connectivity index (χ1n) is 52.4. The second-order valence-electron chi connectivity index (χ2n) is 42.2. The predicted molar refractivity (Wildman–Crippen MR) is 632 cm³/mol. The van der Waals surface area contributed by atoms with Gasteiger partial charge in [0, 0.05) is 132 Å². The average Bonchev–Trinajstić information content (AvgIpc) is 1.51. The average molecular weight is 1910 g/mol. The van der Waals surface area contributed by atoms with E-state index in [0.29, 0.717) is 0 Å². The van der Waals surface area contributed by atoms with Crippen molar-refractivity contribution in [3.8, 4) is 89.0 Å². The van der Waals surface area contributed by atoms with E-state index < -0.39 is 5.41 Å². The van der Waals surface area contributed by atoms with Crippen LogP contribution in [0.1, 0.15) is 69.5 Å². The molecule has 0 radical (unpaired) electrons. The van der Waals surface area contributed by atoms with E-state index in [4.69, 9.17) is 4.42 Å². The van der Waals surface area contributed by atoms with Crippen LogP contribution in [0.4, 0.5) is 0 Å². The monoisotopic (exact) mass is 1910 g/mol. The van der Waals surface area contributed by atoms with Crippen molar-refractivity contribution in [2.75, 3.05) is 0 Å². The Morgan fingerprint density at radius 1 is 0.153 bits per heavy atom. The number of furan rings is 1. The molecule has 5 nitrogen and oxygen atoms in total. The molecule has 0 N–H and O–H groups in total. The van der Waals surface area contributed by atoms with Crippen LogP contribution in [0.15, 0.2) is 502 Å². The third kappa shape index (κ3) is 12.8. The maximum absolute atomic E-state index is 6.12. The minimum atomic E-state index is -0.396. The van der Waals surface area contributed by atoms with Gasteiger partial charge >= 0.3 is 0 Å². The van der Waals surface area contributed by atoms with Crippen molar-refractivity contribution in [2.45, 2.75) is 30.1 Å². The normalized spacial score (nSPS) is 13.4. The summed E-state index contributed by atoms with van der Waals surface area (Å²) in [7, 11) is 8.69. The summed E-state index contributed by atoms with van der Waals surface area (Å²) in [6.07, 6.45) is 0. The van der Waals surface area contributed by atoms with Gasteiger partial charge in [-0.2, -0.15) is 0 Å². The molecular formula is C145H100N4O. The topological polar surface area (TPSA) is 32.9 Å². The molecule has 706 valence electrons. The van der Waals surface area contributed by atoms with Crippen LogP contribution in [-0.4, -0.2) is 18.3 Å². The third-order valence-electron chi connectivity index (χ3n) is 34.2. The molecule has 0 bridgehead atoms. The molecule has 0 amide bonds. The first-order valence-corrected chi connectivity index (χ1v) is 52.4. The number of rotatable bonds is 6. The van der Waals surface area contributed by atoms with Gasteiger partial charge < -0.3 is 22.7 Å². The highest BCUT2D eigenvalue weighted by Crippen LogP contribution is 2.64. The highest BCUT2D eigenvalue weighted by Gasteiger charge is 2.52. The fourth-order valence-corrected chi connectivity index (χ4v) is 27.0. The number of hydrogen-bond acceptors (Lipinski definition) is 1. The van der Waals surface area contributed by atoms with Crippen molar-refractivity contribution in [3.63, 3.8) is 0 Å². The number of aromatic nitrogens is 4. The number of benzene rings is 24. The maximum atomic E-state index is 6.12. The Bertz CT molecular complexity index is 10400. The van der Waals surface area contributed by atoms with E-state index in [9.17, 15) is 0 Å².